The van der Waals surface area contributed by atoms with Gasteiger partial charge in [-0.3, -0.25) is 0 Å². The summed E-state index contributed by atoms with van der Waals surface area (Å²) in [7, 11) is 0. The fraction of sp³-hybridized carbons (Fsp3) is 0.769. The van der Waals surface area contributed by atoms with Crippen LogP contribution in [0, 0.1) is 13.8 Å². The lowest BCUT2D eigenvalue weighted by Crippen LogP contribution is -2.22. The van der Waals surface area contributed by atoms with E-state index >= 15 is 0 Å². The molecule has 19 heavy (non-hydrogen) atoms. The first-order valence-electron chi connectivity index (χ1n) is 6.57. The van der Waals surface area contributed by atoms with Gasteiger partial charge in [0, 0.05) is 17.3 Å². The van der Waals surface area contributed by atoms with Crippen molar-refractivity contribution in [3.63, 3.8) is 0 Å². The molecule has 0 amide bonds. The highest BCUT2D eigenvalue weighted by Gasteiger charge is 2.27. The molecule has 0 saturated heterocycles. The van der Waals surface area contributed by atoms with Crippen LogP contribution in [0.3, 0.4) is 0 Å². The number of halogens is 3. The van der Waals surface area contributed by atoms with E-state index in [9.17, 15) is 13.2 Å². The Morgan fingerprint density at radius 2 is 2.00 bits per heavy atom. The van der Waals surface area contributed by atoms with Crippen molar-refractivity contribution in [2.75, 3.05) is 6.54 Å². The van der Waals surface area contributed by atoms with E-state index in [4.69, 9.17) is 0 Å². The predicted molar refractivity (Wildman–Crippen MR) is 72.5 cm³/mol. The summed E-state index contributed by atoms with van der Waals surface area (Å²) in [6, 6.07) is -0.00602. The van der Waals surface area contributed by atoms with Gasteiger partial charge < -0.3 is 5.32 Å². The van der Waals surface area contributed by atoms with Crippen LogP contribution in [0.2, 0.25) is 0 Å². The van der Waals surface area contributed by atoms with Gasteiger partial charge in [0.15, 0.2) is 0 Å². The van der Waals surface area contributed by atoms with Gasteiger partial charge >= 0.3 is 6.18 Å². The van der Waals surface area contributed by atoms with Crippen molar-refractivity contribution in [3.8, 4) is 0 Å². The summed E-state index contributed by atoms with van der Waals surface area (Å²) >= 11 is 1.58. The quantitative estimate of drug-likeness (QED) is 0.799. The van der Waals surface area contributed by atoms with Crippen molar-refractivity contribution in [1.82, 2.24) is 10.3 Å². The molecule has 0 spiro atoms. The van der Waals surface area contributed by atoms with Gasteiger partial charge in [-0.05, 0) is 39.7 Å². The zero-order valence-electron chi connectivity index (χ0n) is 11.6. The third-order valence-corrected chi connectivity index (χ3v) is 4.04. The Hall–Kier alpha value is -0.620. The van der Waals surface area contributed by atoms with E-state index < -0.39 is 12.6 Å². The van der Waals surface area contributed by atoms with Gasteiger partial charge in [0.1, 0.15) is 0 Å². The Morgan fingerprint density at radius 3 is 2.47 bits per heavy atom. The van der Waals surface area contributed by atoms with Gasteiger partial charge in [0.25, 0.3) is 0 Å². The Kier molecular flexibility index (Phi) is 6.26. The third-order valence-electron chi connectivity index (χ3n) is 2.85. The molecule has 0 fully saturated rings. The molecule has 6 heteroatoms. The standard InChI is InChI=1S/C13H21F3N2S/c1-4-8-17-11(6-5-7-13(14,15)16)12-9(2)18-10(3)19-12/h11,17H,4-8H2,1-3H3. The normalized spacial score (nSPS) is 13.8. The van der Waals surface area contributed by atoms with Crippen LogP contribution in [0.4, 0.5) is 13.2 Å². The second-order valence-electron chi connectivity index (χ2n) is 4.70. The number of rotatable bonds is 7. The zero-order chi connectivity index (χ0) is 14.5. The van der Waals surface area contributed by atoms with Gasteiger partial charge in [0.2, 0.25) is 0 Å². The van der Waals surface area contributed by atoms with Crippen LogP contribution >= 0.6 is 11.3 Å². The maximum Gasteiger partial charge on any atom is 0.389 e. The van der Waals surface area contributed by atoms with Crippen LogP contribution in [0.1, 0.15) is 54.2 Å². The summed E-state index contributed by atoms with van der Waals surface area (Å²) in [5, 5.41) is 4.29. The summed E-state index contributed by atoms with van der Waals surface area (Å²) in [5.74, 6) is 0. The van der Waals surface area contributed by atoms with E-state index in [1.807, 2.05) is 20.8 Å². The SMILES string of the molecule is CCCNC(CCCC(F)(F)F)c1sc(C)nc1C. The maximum absolute atomic E-state index is 12.2. The molecule has 0 saturated carbocycles. The largest absolute Gasteiger partial charge is 0.389 e. The van der Waals surface area contributed by atoms with Crippen LogP contribution in [0.25, 0.3) is 0 Å². The minimum Gasteiger partial charge on any atom is -0.309 e. The second-order valence-corrected chi connectivity index (χ2v) is 5.93. The molecule has 0 bridgehead atoms. The van der Waals surface area contributed by atoms with Crippen LogP contribution in [-0.2, 0) is 0 Å². The fourth-order valence-corrected chi connectivity index (χ4v) is 3.06. The summed E-state index contributed by atoms with van der Waals surface area (Å²) < 4.78 is 36.6. The minimum atomic E-state index is -4.06. The number of hydrogen-bond donors (Lipinski definition) is 1. The molecule has 110 valence electrons. The molecule has 2 nitrogen and oxygen atoms in total. The van der Waals surface area contributed by atoms with Crippen molar-refractivity contribution in [2.45, 2.75) is 58.7 Å². The molecule has 0 radical (unpaired) electrons. The van der Waals surface area contributed by atoms with E-state index in [2.05, 4.69) is 10.3 Å². The average Bonchev–Trinajstić information content (AvgIpc) is 2.61. The number of aryl methyl sites for hydroxylation is 2. The molecule has 0 aliphatic carbocycles. The van der Waals surface area contributed by atoms with Crippen molar-refractivity contribution in [3.05, 3.63) is 15.6 Å². The zero-order valence-corrected chi connectivity index (χ0v) is 12.4. The molecule has 1 atom stereocenters. The molecule has 1 aromatic heterocycles. The lowest BCUT2D eigenvalue weighted by molar-refractivity contribution is -0.135. The number of alkyl halides is 3. The van der Waals surface area contributed by atoms with Crippen LogP contribution in [-0.4, -0.2) is 17.7 Å². The smallest absolute Gasteiger partial charge is 0.309 e. The lowest BCUT2D eigenvalue weighted by Gasteiger charge is -2.18. The van der Waals surface area contributed by atoms with Crippen LogP contribution in [0.5, 0.6) is 0 Å². The molecule has 1 aromatic rings. The number of nitrogens with zero attached hydrogens (tertiary/aromatic N) is 1. The second kappa shape index (κ2) is 7.24. The predicted octanol–water partition coefficient (Wildman–Crippen LogP) is 4.53. The lowest BCUT2D eigenvalue weighted by atomic mass is 10.1. The highest BCUT2D eigenvalue weighted by atomic mass is 32.1. The monoisotopic (exact) mass is 294 g/mol. The van der Waals surface area contributed by atoms with Gasteiger partial charge in [0.05, 0.1) is 10.7 Å². The highest BCUT2D eigenvalue weighted by Crippen LogP contribution is 2.30. The van der Waals surface area contributed by atoms with E-state index in [-0.39, 0.29) is 12.5 Å². The minimum absolute atomic E-state index is 0.00602. The number of thiazole rings is 1. The van der Waals surface area contributed by atoms with E-state index in [0.29, 0.717) is 6.42 Å². The highest BCUT2D eigenvalue weighted by molar-refractivity contribution is 7.11. The molecule has 0 aromatic carbocycles. The van der Waals surface area contributed by atoms with Crippen molar-refractivity contribution in [1.29, 1.82) is 0 Å². The third kappa shape index (κ3) is 5.91. The molecule has 1 unspecified atom stereocenters. The molecule has 0 aliphatic rings. The van der Waals surface area contributed by atoms with Gasteiger partial charge in [-0.2, -0.15) is 13.2 Å². The van der Waals surface area contributed by atoms with Crippen molar-refractivity contribution < 1.29 is 13.2 Å². The topological polar surface area (TPSA) is 24.9 Å². The first-order chi connectivity index (χ1) is 8.83. The number of aromatic nitrogens is 1. The Balaban J connectivity index is 2.64. The summed E-state index contributed by atoms with van der Waals surface area (Å²) in [4.78, 5) is 5.43. The van der Waals surface area contributed by atoms with Crippen molar-refractivity contribution in [2.24, 2.45) is 0 Å². The Labute approximate surface area is 116 Å². The fourth-order valence-electron chi connectivity index (χ4n) is 2.02. The molecular formula is C13H21F3N2S. The van der Waals surface area contributed by atoms with Gasteiger partial charge in [-0.15, -0.1) is 11.3 Å². The van der Waals surface area contributed by atoms with Gasteiger partial charge in [-0.1, -0.05) is 6.92 Å². The summed E-state index contributed by atoms with van der Waals surface area (Å²) in [6.45, 7) is 6.70. The first kappa shape index (κ1) is 16.4. The molecule has 1 N–H and O–H groups in total. The first-order valence-corrected chi connectivity index (χ1v) is 7.39. The number of nitrogens with one attached hydrogen (secondary N) is 1. The van der Waals surface area contributed by atoms with Gasteiger partial charge in [-0.25, -0.2) is 4.98 Å². The average molecular weight is 294 g/mol. The number of hydrogen-bond acceptors (Lipinski definition) is 3. The van der Waals surface area contributed by atoms with Crippen molar-refractivity contribution >= 4 is 11.3 Å². The van der Waals surface area contributed by atoms with E-state index in [1.165, 1.54) is 0 Å². The van der Waals surface area contributed by atoms with Crippen LogP contribution < -0.4 is 5.32 Å². The molecule has 0 aliphatic heterocycles. The molecular weight excluding hydrogens is 273 g/mol. The molecule has 1 rings (SSSR count). The Bertz CT molecular complexity index is 388. The summed E-state index contributed by atoms with van der Waals surface area (Å²) in [6.07, 6.45) is -3.15. The molecule has 1 heterocycles. The summed E-state index contributed by atoms with van der Waals surface area (Å²) in [5.41, 5.74) is 0.933. The van der Waals surface area contributed by atoms with Crippen LogP contribution in [0.15, 0.2) is 0 Å². The van der Waals surface area contributed by atoms with E-state index in [0.717, 1.165) is 28.5 Å². The van der Waals surface area contributed by atoms with E-state index in [1.54, 1.807) is 11.3 Å². The maximum atomic E-state index is 12.2. The Morgan fingerprint density at radius 1 is 1.32 bits per heavy atom.